The molecule has 0 bridgehead atoms. The van der Waals surface area contributed by atoms with Gasteiger partial charge in [0.05, 0.1) is 5.56 Å². The van der Waals surface area contributed by atoms with Crippen molar-refractivity contribution >= 4 is 17.7 Å². The number of hydrogen-bond donors (Lipinski definition) is 3. The maximum absolute atomic E-state index is 11.4. The maximum Gasteiger partial charge on any atom is 0.303 e. The number of carbonyl (C=O) groups is 2. The van der Waals surface area contributed by atoms with Crippen LogP contribution in [0.4, 0.5) is 5.82 Å². The van der Waals surface area contributed by atoms with Gasteiger partial charge < -0.3 is 16.2 Å². The van der Waals surface area contributed by atoms with Gasteiger partial charge in [-0.05, 0) is 24.5 Å². The Bertz CT molecular complexity index is 474. The largest absolute Gasteiger partial charge is 0.481 e. The van der Waals surface area contributed by atoms with Gasteiger partial charge in [0.25, 0.3) is 5.91 Å². The average Bonchev–Trinajstić information content (AvgIpc) is 2.33. The van der Waals surface area contributed by atoms with Crippen molar-refractivity contribution in [3.05, 3.63) is 23.4 Å². The second kappa shape index (κ2) is 6.72. The fourth-order valence-electron chi connectivity index (χ4n) is 1.85. The minimum absolute atomic E-state index is 0.0134. The molecule has 0 radical (unpaired) electrons. The zero-order chi connectivity index (χ0) is 14.4. The minimum Gasteiger partial charge on any atom is -0.481 e. The van der Waals surface area contributed by atoms with Crippen molar-refractivity contribution in [2.24, 2.45) is 11.7 Å². The number of amides is 1. The van der Waals surface area contributed by atoms with Crippen LogP contribution >= 0.6 is 0 Å². The number of hydrogen-bond acceptors (Lipinski definition) is 4. The number of nitrogens with one attached hydrogen (secondary N) is 1. The Morgan fingerprint density at radius 1 is 1.53 bits per heavy atom. The van der Waals surface area contributed by atoms with Crippen LogP contribution in [0.1, 0.15) is 35.7 Å². The van der Waals surface area contributed by atoms with Gasteiger partial charge in [-0.3, -0.25) is 9.59 Å². The van der Waals surface area contributed by atoms with E-state index in [1.54, 1.807) is 19.2 Å². The fourth-order valence-corrected chi connectivity index (χ4v) is 1.85. The number of aliphatic carboxylic acids is 1. The zero-order valence-corrected chi connectivity index (χ0v) is 11.1. The number of anilines is 1. The van der Waals surface area contributed by atoms with Crippen LogP contribution < -0.4 is 11.1 Å². The molecule has 1 aromatic heterocycles. The first-order valence-electron chi connectivity index (χ1n) is 6.16. The Hall–Kier alpha value is -2.11. The molecule has 1 rings (SSSR count). The third kappa shape index (κ3) is 4.24. The molecule has 4 N–H and O–H groups in total. The summed E-state index contributed by atoms with van der Waals surface area (Å²) >= 11 is 0. The van der Waals surface area contributed by atoms with Crippen LogP contribution in [0.5, 0.6) is 0 Å². The van der Waals surface area contributed by atoms with E-state index in [9.17, 15) is 9.59 Å². The number of rotatable bonds is 7. The van der Waals surface area contributed by atoms with Gasteiger partial charge in [-0.25, -0.2) is 4.98 Å². The molecule has 0 spiro atoms. The lowest BCUT2D eigenvalue weighted by molar-refractivity contribution is -0.138. The van der Waals surface area contributed by atoms with Crippen molar-refractivity contribution in [1.29, 1.82) is 0 Å². The monoisotopic (exact) mass is 265 g/mol. The molecule has 0 aromatic carbocycles. The van der Waals surface area contributed by atoms with Gasteiger partial charge in [-0.2, -0.15) is 0 Å². The highest BCUT2D eigenvalue weighted by atomic mass is 16.4. The maximum atomic E-state index is 11.4. The van der Waals surface area contributed by atoms with Gasteiger partial charge in [0.2, 0.25) is 0 Å². The quantitative estimate of drug-likeness (QED) is 0.691. The summed E-state index contributed by atoms with van der Waals surface area (Å²) in [7, 11) is 0. The molecule has 1 aromatic rings. The topological polar surface area (TPSA) is 105 Å². The van der Waals surface area contributed by atoms with Gasteiger partial charge in [0, 0.05) is 19.2 Å². The SMILES string of the molecule is CCC(CNc1nccc(C)c1C(N)=O)CC(=O)O. The van der Waals surface area contributed by atoms with Gasteiger partial charge in [-0.15, -0.1) is 0 Å². The van der Waals surface area contributed by atoms with Gasteiger partial charge >= 0.3 is 5.97 Å². The smallest absolute Gasteiger partial charge is 0.303 e. The zero-order valence-electron chi connectivity index (χ0n) is 11.1. The summed E-state index contributed by atoms with van der Waals surface area (Å²) in [6, 6.07) is 1.71. The van der Waals surface area contributed by atoms with E-state index in [2.05, 4.69) is 10.3 Å². The van der Waals surface area contributed by atoms with Crippen molar-refractivity contribution < 1.29 is 14.7 Å². The van der Waals surface area contributed by atoms with Crippen LogP contribution in [0.2, 0.25) is 0 Å². The molecule has 1 amide bonds. The van der Waals surface area contributed by atoms with Crippen LogP contribution in [-0.4, -0.2) is 28.5 Å². The second-order valence-corrected chi connectivity index (χ2v) is 4.47. The Balaban J connectivity index is 2.79. The number of nitrogens with zero attached hydrogens (tertiary/aromatic N) is 1. The van der Waals surface area contributed by atoms with Crippen LogP contribution in [0.25, 0.3) is 0 Å². The van der Waals surface area contributed by atoms with Crippen LogP contribution in [0.15, 0.2) is 12.3 Å². The minimum atomic E-state index is -0.832. The predicted octanol–water partition coefficient (Wildman–Crippen LogP) is 1.40. The Labute approximate surface area is 112 Å². The van der Waals surface area contributed by atoms with Crippen LogP contribution in [0, 0.1) is 12.8 Å². The molecule has 0 aliphatic heterocycles. The number of carbonyl (C=O) groups excluding carboxylic acids is 1. The van der Waals surface area contributed by atoms with Crippen molar-refractivity contribution in [2.75, 3.05) is 11.9 Å². The molecule has 0 aliphatic rings. The van der Waals surface area contributed by atoms with E-state index in [0.717, 1.165) is 12.0 Å². The van der Waals surface area contributed by atoms with Gasteiger partial charge in [-0.1, -0.05) is 13.3 Å². The van der Waals surface area contributed by atoms with Crippen molar-refractivity contribution in [3.63, 3.8) is 0 Å². The van der Waals surface area contributed by atoms with Gasteiger partial charge in [0.15, 0.2) is 0 Å². The molecule has 0 saturated carbocycles. The Morgan fingerprint density at radius 3 is 2.74 bits per heavy atom. The summed E-state index contributed by atoms with van der Waals surface area (Å²) in [6.07, 6.45) is 2.40. The molecule has 6 nitrogen and oxygen atoms in total. The molecule has 6 heteroatoms. The van der Waals surface area contributed by atoms with Crippen LogP contribution in [0.3, 0.4) is 0 Å². The number of carboxylic acid groups (broad SMARTS) is 1. The van der Waals surface area contributed by atoms with Crippen molar-refractivity contribution in [2.45, 2.75) is 26.7 Å². The average molecular weight is 265 g/mol. The highest BCUT2D eigenvalue weighted by molar-refractivity contribution is 5.98. The van der Waals surface area contributed by atoms with E-state index in [-0.39, 0.29) is 12.3 Å². The summed E-state index contributed by atoms with van der Waals surface area (Å²) in [6.45, 7) is 4.15. The van der Waals surface area contributed by atoms with E-state index in [1.807, 2.05) is 6.92 Å². The Kier molecular flexibility index (Phi) is 5.29. The first-order chi connectivity index (χ1) is 8.95. The highest BCUT2D eigenvalue weighted by Crippen LogP contribution is 2.17. The lowest BCUT2D eigenvalue weighted by Crippen LogP contribution is -2.21. The number of pyridine rings is 1. The molecule has 104 valence electrons. The number of carboxylic acids is 1. The highest BCUT2D eigenvalue weighted by Gasteiger charge is 2.15. The summed E-state index contributed by atoms with van der Waals surface area (Å²) in [4.78, 5) is 26.2. The third-order valence-corrected chi connectivity index (χ3v) is 3.00. The molecule has 1 heterocycles. The first kappa shape index (κ1) is 14.9. The van der Waals surface area contributed by atoms with E-state index < -0.39 is 11.9 Å². The molecule has 19 heavy (non-hydrogen) atoms. The summed E-state index contributed by atoms with van der Waals surface area (Å²) in [5, 5.41) is 11.8. The molecule has 0 fully saturated rings. The van der Waals surface area contributed by atoms with E-state index in [4.69, 9.17) is 10.8 Å². The van der Waals surface area contributed by atoms with Gasteiger partial charge in [0.1, 0.15) is 5.82 Å². The number of aryl methyl sites for hydroxylation is 1. The normalized spacial score (nSPS) is 11.9. The molecule has 1 atom stereocenters. The van der Waals surface area contributed by atoms with Crippen molar-refractivity contribution in [1.82, 2.24) is 4.98 Å². The number of primary amides is 1. The molecule has 0 saturated heterocycles. The van der Waals surface area contributed by atoms with E-state index in [1.165, 1.54) is 0 Å². The first-order valence-corrected chi connectivity index (χ1v) is 6.16. The molecular formula is C13H19N3O3. The van der Waals surface area contributed by atoms with E-state index in [0.29, 0.717) is 17.9 Å². The van der Waals surface area contributed by atoms with Crippen LogP contribution in [-0.2, 0) is 4.79 Å². The molecule has 1 unspecified atom stereocenters. The third-order valence-electron chi connectivity index (χ3n) is 3.00. The van der Waals surface area contributed by atoms with E-state index >= 15 is 0 Å². The number of nitrogens with two attached hydrogens (primary N) is 1. The second-order valence-electron chi connectivity index (χ2n) is 4.47. The molecule has 0 aliphatic carbocycles. The lowest BCUT2D eigenvalue weighted by Gasteiger charge is -2.16. The summed E-state index contributed by atoms with van der Waals surface area (Å²) in [5.41, 5.74) is 6.42. The summed E-state index contributed by atoms with van der Waals surface area (Å²) in [5.74, 6) is -0.975. The lowest BCUT2D eigenvalue weighted by atomic mass is 10.0. The predicted molar refractivity (Wildman–Crippen MR) is 72.0 cm³/mol. The fraction of sp³-hybridized carbons (Fsp3) is 0.462. The summed E-state index contributed by atoms with van der Waals surface area (Å²) < 4.78 is 0. The Morgan fingerprint density at radius 2 is 2.21 bits per heavy atom. The standard InChI is InChI=1S/C13H19N3O3/c1-3-9(6-10(17)18)7-16-13-11(12(14)19)8(2)4-5-15-13/h4-5,9H,3,6-7H2,1-2H3,(H2,14,19)(H,15,16)(H,17,18). The number of aromatic nitrogens is 1. The molecular weight excluding hydrogens is 246 g/mol. The van der Waals surface area contributed by atoms with Crippen molar-refractivity contribution in [3.8, 4) is 0 Å².